The van der Waals surface area contributed by atoms with Gasteiger partial charge < -0.3 is 24.5 Å². The quantitative estimate of drug-likeness (QED) is 0.297. The van der Waals surface area contributed by atoms with E-state index in [1.807, 2.05) is 12.5 Å². The average molecular weight is 452 g/mol. The molecule has 1 heterocycles. The first-order valence-electron chi connectivity index (χ1n) is 11.6. The van der Waals surface area contributed by atoms with E-state index in [9.17, 15) is 19.5 Å². The van der Waals surface area contributed by atoms with Gasteiger partial charge in [-0.05, 0) is 44.4 Å². The maximum absolute atomic E-state index is 11.8. The minimum Gasteiger partial charge on any atom is -0.481 e. The van der Waals surface area contributed by atoms with E-state index in [1.165, 1.54) is 19.8 Å². The predicted molar refractivity (Wildman–Crippen MR) is 118 cm³/mol. The molecule has 180 valence electrons. The maximum Gasteiger partial charge on any atom is 0.410 e. The summed E-state index contributed by atoms with van der Waals surface area (Å²) >= 11 is 0. The van der Waals surface area contributed by atoms with Crippen molar-refractivity contribution in [2.24, 2.45) is 17.8 Å². The molecule has 1 amide bonds. The Kier molecular flexibility index (Phi) is 9.99. The predicted octanol–water partition coefficient (Wildman–Crippen LogP) is 3.93. The summed E-state index contributed by atoms with van der Waals surface area (Å²) in [4.78, 5) is 39.4. The van der Waals surface area contributed by atoms with Crippen LogP contribution in [0.25, 0.3) is 0 Å². The molecule has 1 aromatic heterocycles. The molecule has 9 heteroatoms. The van der Waals surface area contributed by atoms with Crippen LogP contribution in [0.3, 0.4) is 0 Å². The minimum atomic E-state index is -0.987. The lowest BCUT2D eigenvalue weighted by atomic mass is 9.87. The lowest BCUT2D eigenvalue weighted by Gasteiger charge is -2.26. The van der Waals surface area contributed by atoms with Crippen LogP contribution in [-0.2, 0) is 25.5 Å². The lowest BCUT2D eigenvalue weighted by Crippen LogP contribution is -2.32. The van der Waals surface area contributed by atoms with Gasteiger partial charge >= 0.3 is 18.0 Å². The van der Waals surface area contributed by atoms with Gasteiger partial charge in [0, 0.05) is 32.1 Å². The highest BCUT2D eigenvalue weighted by Gasteiger charge is 2.23. The molecule has 0 spiro atoms. The van der Waals surface area contributed by atoms with Crippen LogP contribution >= 0.6 is 0 Å². The van der Waals surface area contributed by atoms with Gasteiger partial charge in [0.25, 0.3) is 0 Å². The van der Waals surface area contributed by atoms with E-state index in [1.54, 1.807) is 13.8 Å². The average Bonchev–Trinajstić information content (AvgIpc) is 3.19. The van der Waals surface area contributed by atoms with Crippen molar-refractivity contribution in [2.45, 2.75) is 85.0 Å². The molecule has 2 atom stereocenters. The summed E-state index contributed by atoms with van der Waals surface area (Å²) in [5.41, 5.74) is 0.782. The highest BCUT2D eigenvalue weighted by atomic mass is 16.7. The van der Waals surface area contributed by atoms with Crippen LogP contribution in [0.4, 0.5) is 4.79 Å². The highest BCUT2D eigenvalue weighted by Crippen LogP contribution is 2.31. The van der Waals surface area contributed by atoms with E-state index in [-0.39, 0.29) is 12.5 Å². The zero-order chi connectivity index (χ0) is 23.7. The Balaban J connectivity index is 1.72. The van der Waals surface area contributed by atoms with Crippen molar-refractivity contribution < 1.29 is 29.0 Å². The van der Waals surface area contributed by atoms with Gasteiger partial charge in [0.2, 0.25) is 6.29 Å². The number of imidazole rings is 1. The van der Waals surface area contributed by atoms with E-state index in [0.717, 1.165) is 24.5 Å². The molecule has 2 N–H and O–H groups in total. The van der Waals surface area contributed by atoms with Gasteiger partial charge in [-0.1, -0.05) is 20.8 Å². The molecule has 1 aliphatic carbocycles. The summed E-state index contributed by atoms with van der Waals surface area (Å²) in [5.74, 6) is -1.43. The molecule has 0 bridgehead atoms. The molecule has 1 saturated carbocycles. The number of carbonyl (C=O) groups excluding carboxylic acids is 2. The fraction of sp³-hybridized carbons (Fsp3) is 0.739. The molecular weight excluding hydrogens is 414 g/mol. The molecule has 0 radical (unpaired) electrons. The second-order valence-electron chi connectivity index (χ2n) is 9.10. The number of nitrogens with zero attached hydrogens (tertiary/aromatic N) is 2. The summed E-state index contributed by atoms with van der Waals surface area (Å²) in [6.07, 6.45) is 8.04. The zero-order valence-corrected chi connectivity index (χ0v) is 19.6. The van der Waals surface area contributed by atoms with E-state index >= 15 is 0 Å². The van der Waals surface area contributed by atoms with Crippen LogP contribution < -0.4 is 5.32 Å². The highest BCUT2D eigenvalue weighted by molar-refractivity contribution is 5.72. The Morgan fingerprint density at radius 2 is 1.88 bits per heavy atom. The molecule has 9 nitrogen and oxygen atoms in total. The van der Waals surface area contributed by atoms with Crippen LogP contribution in [0.5, 0.6) is 0 Å². The number of ether oxygens (including phenoxy) is 2. The monoisotopic (exact) mass is 451 g/mol. The number of carboxylic acid groups (broad SMARTS) is 1. The summed E-state index contributed by atoms with van der Waals surface area (Å²) in [6, 6.07) is 0.452. The number of esters is 1. The summed E-state index contributed by atoms with van der Waals surface area (Å²) in [7, 11) is 0. The second-order valence-corrected chi connectivity index (χ2v) is 9.10. The van der Waals surface area contributed by atoms with Crippen LogP contribution in [0.15, 0.2) is 12.5 Å². The molecule has 0 aliphatic heterocycles. The van der Waals surface area contributed by atoms with Gasteiger partial charge in [0.1, 0.15) is 0 Å². The zero-order valence-electron chi connectivity index (χ0n) is 19.6. The number of carboxylic acids is 1. The third-order valence-corrected chi connectivity index (χ3v) is 5.89. The van der Waals surface area contributed by atoms with Crippen molar-refractivity contribution in [1.82, 2.24) is 14.9 Å². The Labute approximate surface area is 189 Å². The number of hydrogen-bond donors (Lipinski definition) is 2. The van der Waals surface area contributed by atoms with Gasteiger partial charge in [-0.25, -0.2) is 9.78 Å². The number of hydrogen-bond acceptors (Lipinski definition) is 6. The van der Waals surface area contributed by atoms with Crippen molar-refractivity contribution in [1.29, 1.82) is 0 Å². The first kappa shape index (κ1) is 25.7. The molecule has 0 saturated heterocycles. The fourth-order valence-corrected chi connectivity index (χ4v) is 3.85. The van der Waals surface area contributed by atoms with Crippen LogP contribution in [0.1, 0.15) is 78.0 Å². The first-order valence-corrected chi connectivity index (χ1v) is 11.6. The van der Waals surface area contributed by atoms with E-state index in [4.69, 9.17) is 9.47 Å². The molecule has 0 unspecified atom stereocenters. The molecular formula is C23H37N3O6. The van der Waals surface area contributed by atoms with Crippen molar-refractivity contribution in [3.8, 4) is 0 Å². The van der Waals surface area contributed by atoms with E-state index in [0.29, 0.717) is 25.3 Å². The first-order chi connectivity index (χ1) is 15.2. The summed E-state index contributed by atoms with van der Waals surface area (Å²) in [5, 5.41) is 12.1. The largest absolute Gasteiger partial charge is 0.481 e. The Morgan fingerprint density at radius 1 is 1.19 bits per heavy atom. The number of nitrogens with one attached hydrogen (secondary N) is 1. The number of amides is 1. The van der Waals surface area contributed by atoms with E-state index in [2.05, 4.69) is 21.8 Å². The smallest absolute Gasteiger partial charge is 0.410 e. The van der Waals surface area contributed by atoms with Crippen molar-refractivity contribution >= 4 is 18.0 Å². The molecule has 32 heavy (non-hydrogen) atoms. The van der Waals surface area contributed by atoms with Gasteiger partial charge in [-0.3, -0.25) is 9.59 Å². The lowest BCUT2D eigenvalue weighted by molar-refractivity contribution is -0.168. The molecule has 1 aliphatic rings. The third-order valence-electron chi connectivity index (χ3n) is 5.89. The number of aliphatic carboxylic acids is 1. The number of rotatable bonds is 11. The standard InChI is InChI=1S/C23H37N3O6/c1-15(2)22(29)31-17(4)32-23(30)24-11-5-6-18(21(27)28)12-19-13-26(14-25-19)20-9-7-16(3)8-10-20/h13-18,20H,5-12H2,1-4H3,(H,24,30)(H,27,28)/t16?,17-,18-,20?/m0/s1. The van der Waals surface area contributed by atoms with Gasteiger partial charge in [0.05, 0.1) is 23.9 Å². The van der Waals surface area contributed by atoms with Crippen molar-refractivity contribution in [3.05, 3.63) is 18.2 Å². The maximum atomic E-state index is 11.8. The Bertz CT molecular complexity index is 755. The number of alkyl carbamates (subject to hydrolysis) is 1. The topological polar surface area (TPSA) is 120 Å². The normalized spacial score (nSPS) is 20.4. The molecule has 1 aromatic rings. The van der Waals surface area contributed by atoms with Gasteiger partial charge in [0.15, 0.2) is 0 Å². The fourth-order valence-electron chi connectivity index (χ4n) is 3.85. The number of carbonyl (C=O) groups is 3. The van der Waals surface area contributed by atoms with Crippen molar-refractivity contribution in [3.63, 3.8) is 0 Å². The SMILES string of the molecule is CC1CCC(n2cnc(C[C@H](CCCNC(=O)O[C@@H](C)OC(=O)C(C)C)C(=O)O)c2)CC1. The summed E-state index contributed by atoms with van der Waals surface area (Å²) < 4.78 is 12.1. The van der Waals surface area contributed by atoms with Crippen molar-refractivity contribution in [2.75, 3.05) is 6.54 Å². The third kappa shape index (κ3) is 8.51. The molecule has 0 aromatic carbocycles. The summed E-state index contributed by atoms with van der Waals surface area (Å²) in [6.45, 7) is 7.39. The van der Waals surface area contributed by atoms with Crippen LogP contribution in [-0.4, -0.2) is 45.5 Å². The van der Waals surface area contributed by atoms with Crippen LogP contribution in [0, 0.1) is 17.8 Å². The Morgan fingerprint density at radius 3 is 2.50 bits per heavy atom. The van der Waals surface area contributed by atoms with E-state index < -0.39 is 30.2 Å². The van der Waals surface area contributed by atoms with Gasteiger partial charge in [-0.15, -0.1) is 0 Å². The minimum absolute atomic E-state index is 0.266. The second kappa shape index (κ2) is 12.5. The van der Waals surface area contributed by atoms with Gasteiger partial charge in [-0.2, -0.15) is 0 Å². The van der Waals surface area contributed by atoms with Crippen LogP contribution in [0.2, 0.25) is 0 Å². The molecule has 1 fully saturated rings. The Hall–Kier alpha value is -2.58. The number of aromatic nitrogens is 2. The molecule has 2 rings (SSSR count).